The van der Waals surface area contributed by atoms with Crippen molar-refractivity contribution < 1.29 is 9.53 Å². The summed E-state index contributed by atoms with van der Waals surface area (Å²) in [5.41, 5.74) is 2.44. The normalized spacial score (nSPS) is 13.4. The zero-order valence-electron chi connectivity index (χ0n) is 14.4. The quantitative estimate of drug-likeness (QED) is 0.767. The molecule has 6 nitrogen and oxygen atoms in total. The molecule has 0 radical (unpaired) electrons. The summed E-state index contributed by atoms with van der Waals surface area (Å²) in [7, 11) is 0. The molecule has 0 atom stereocenters. The molecule has 2 heterocycles. The Morgan fingerprint density at radius 2 is 2.04 bits per heavy atom. The second kappa shape index (κ2) is 6.92. The van der Waals surface area contributed by atoms with Crippen molar-refractivity contribution in [2.24, 2.45) is 0 Å². The highest BCUT2D eigenvalue weighted by atomic mass is 32.1. The molecule has 134 valence electrons. The number of nitrogens with one attached hydrogen (secondary N) is 1. The Balaban J connectivity index is 1.52. The summed E-state index contributed by atoms with van der Waals surface area (Å²) in [6.07, 6.45) is 4.30. The van der Waals surface area contributed by atoms with Crippen LogP contribution in [0.2, 0.25) is 0 Å². The van der Waals surface area contributed by atoms with Gasteiger partial charge in [-0.25, -0.2) is 4.98 Å². The minimum absolute atomic E-state index is 0.0333. The van der Waals surface area contributed by atoms with Gasteiger partial charge in [0, 0.05) is 29.2 Å². The number of carbonyl (C=O) groups excluding carboxylic acids is 1. The van der Waals surface area contributed by atoms with Crippen molar-refractivity contribution in [3.05, 3.63) is 57.0 Å². The molecule has 26 heavy (non-hydrogen) atoms. The number of aromatic nitrogens is 2. The van der Waals surface area contributed by atoms with E-state index in [9.17, 15) is 9.59 Å². The van der Waals surface area contributed by atoms with Gasteiger partial charge in [-0.05, 0) is 49.9 Å². The topological polar surface area (TPSA) is 72.7 Å². The molecule has 2 aromatic heterocycles. The lowest BCUT2D eigenvalue weighted by Crippen LogP contribution is -2.18. The number of carbonyl (C=O) groups is 1. The summed E-state index contributed by atoms with van der Waals surface area (Å²) in [4.78, 5) is 30.2. The lowest BCUT2D eigenvalue weighted by Gasteiger charge is -2.10. The molecule has 0 fully saturated rings. The van der Waals surface area contributed by atoms with E-state index >= 15 is 0 Å². The van der Waals surface area contributed by atoms with Crippen molar-refractivity contribution in [1.29, 1.82) is 0 Å². The largest absolute Gasteiger partial charge is 0.487 e. The van der Waals surface area contributed by atoms with E-state index in [1.54, 1.807) is 46.1 Å². The fraction of sp³-hybridized carbons (Fsp3) is 0.316. The predicted octanol–water partition coefficient (Wildman–Crippen LogP) is 3.17. The first-order chi connectivity index (χ1) is 12.6. The third kappa shape index (κ3) is 3.35. The van der Waals surface area contributed by atoms with Crippen LogP contribution in [0.4, 0.5) is 5.69 Å². The Morgan fingerprint density at radius 3 is 2.81 bits per heavy atom. The van der Waals surface area contributed by atoms with E-state index in [1.807, 2.05) is 0 Å². The van der Waals surface area contributed by atoms with Crippen molar-refractivity contribution in [3.63, 3.8) is 0 Å². The van der Waals surface area contributed by atoms with E-state index < -0.39 is 0 Å². The number of fused-ring (bicyclic) bond motifs is 3. The summed E-state index contributed by atoms with van der Waals surface area (Å²) in [5.74, 6) is 0.543. The van der Waals surface area contributed by atoms with Crippen LogP contribution < -0.4 is 15.6 Å². The summed E-state index contributed by atoms with van der Waals surface area (Å²) in [6.45, 7) is 1.70. The lowest BCUT2D eigenvalue weighted by molar-refractivity contribution is -0.114. The van der Waals surface area contributed by atoms with Gasteiger partial charge in [-0.15, -0.1) is 11.3 Å². The van der Waals surface area contributed by atoms with Crippen molar-refractivity contribution in [2.45, 2.75) is 39.2 Å². The Hall–Kier alpha value is -2.67. The third-order valence-corrected chi connectivity index (χ3v) is 5.52. The first-order valence-electron chi connectivity index (χ1n) is 8.64. The number of nitrogens with zero attached hydrogens (tertiary/aromatic N) is 2. The second-order valence-corrected chi connectivity index (χ2v) is 7.44. The van der Waals surface area contributed by atoms with E-state index in [1.165, 1.54) is 18.2 Å². The number of ether oxygens (including phenoxy) is 1. The maximum atomic E-state index is 12.5. The third-order valence-electron chi connectivity index (χ3n) is 4.38. The zero-order valence-corrected chi connectivity index (χ0v) is 15.3. The van der Waals surface area contributed by atoms with Crippen LogP contribution in [0.15, 0.2) is 35.1 Å². The Bertz CT molecular complexity index is 1020. The van der Waals surface area contributed by atoms with Gasteiger partial charge in [-0.2, -0.15) is 0 Å². The molecule has 0 saturated heterocycles. The average molecular weight is 369 g/mol. The van der Waals surface area contributed by atoms with Crippen molar-refractivity contribution in [1.82, 2.24) is 9.38 Å². The molecule has 1 amide bonds. The van der Waals surface area contributed by atoms with Crippen LogP contribution in [-0.4, -0.2) is 15.3 Å². The molecule has 1 aliphatic carbocycles. The van der Waals surface area contributed by atoms with Gasteiger partial charge in [-0.1, -0.05) is 0 Å². The van der Waals surface area contributed by atoms with Gasteiger partial charge < -0.3 is 10.1 Å². The molecule has 0 spiro atoms. The SMILES string of the molecule is CC(=O)Nc1ccc(OCc2cc(=O)n3c4c(sc3n2)CCCC4)cc1. The van der Waals surface area contributed by atoms with Gasteiger partial charge in [0.25, 0.3) is 5.56 Å². The number of thiazole rings is 1. The number of hydrogen-bond acceptors (Lipinski definition) is 5. The highest BCUT2D eigenvalue weighted by molar-refractivity contribution is 7.17. The number of hydrogen-bond donors (Lipinski definition) is 1. The predicted molar refractivity (Wildman–Crippen MR) is 101 cm³/mol. The van der Waals surface area contributed by atoms with Crippen LogP contribution in [0.1, 0.15) is 36.0 Å². The van der Waals surface area contributed by atoms with Crippen molar-refractivity contribution >= 4 is 27.9 Å². The first-order valence-corrected chi connectivity index (χ1v) is 9.45. The molecule has 0 unspecified atom stereocenters. The highest BCUT2D eigenvalue weighted by Crippen LogP contribution is 2.28. The van der Waals surface area contributed by atoms with Crippen LogP contribution in [0.25, 0.3) is 4.96 Å². The van der Waals surface area contributed by atoms with Gasteiger partial charge in [0.15, 0.2) is 4.96 Å². The first kappa shape index (κ1) is 16.8. The van der Waals surface area contributed by atoms with Gasteiger partial charge in [-0.3, -0.25) is 14.0 Å². The van der Waals surface area contributed by atoms with E-state index in [4.69, 9.17) is 4.74 Å². The molecule has 1 N–H and O–H groups in total. The number of anilines is 1. The van der Waals surface area contributed by atoms with Gasteiger partial charge in [0.05, 0.1) is 5.69 Å². The maximum absolute atomic E-state index is 12.5. The molecule has 1 aliphatic rings. The highest BCUT2D eigenvalue weighted by Gasteiger charge is 2.18. The van der Waals surface area contributed by atoms with E-state index in [2.05, 4.69) is 10.3 Å². The fourth-order valence-electron chi connectivity index (χ4n) is 3.21. The van der Waals surface area contributed by atoms with E-state index in [0.717, 1.165) is 29.9 Å². The van der Waals surface area contributed by atoms with E-state index in [0.29, 0.717) is 17.1 Å². The van der Waals surface area contributed by atoms with Crippen LogP contribution in [0.5, 0.6) is 5.75 Å². The van der Waals surface area contributed by atoms with Gasteiger partial charge >= 0.3 is 0 Å². The molecular weight excluding hydrogens is 350 g/mol. The molecule has 1 aromatic carbocycles. The minimum Gasteiger partial charge on any atom is -0.487 e. The zero-order chi connectivity index (χ0) is 18.1. The van der Waals surface area contributed by atoms with E-state index in [-0.39, 0.29) is 18.1 Å². The van der Waals surface area contributed by atoms with Gasteiger partial charge in [0.1, 0.15) is 12.4 Å². The van der Waals surface area contributed by atoms with Gasteiger partial charge in [0.2, 0.25) is 5.91 Å². The maximum Gasteiger partial charge on any atom is 0.259 e. The fourth-order valence-corrected chi connectivity index (χ4v) is 4.44. The number of amides is 1. The molecule has 0 aliphatic heterocycles. The molecule has 0 saturated carbocycles. The smallest absolute Gasteiger partial charge is 0.259 e. The monoisotopic (exact) mass is 369 g/mol. The minimum atomic E-state index is -0.115. The second-order valence-electron chi connectivity index (χ2n) is 6.38. The molecular formula is C19H19N3O3S. The van der Waals surface area contributed by atoms with Crippen molar-refractivity contribution in [3.8, 4) is 5.75 Å². The standard InChI is InChI=1S/C19H19N3O3S/c1-12(23)20-13-6-8-15(9-7-13)25-11-14-10-18(24)22-16-4-2-3-5-17(16)26-19(22)21-14/h6-10H,2-5,11H2,1H3,(H,20,23). The van der Waals surface area contributed by atoms with Crippen molar-refractivity contribution in [2.75, 3.05) is 5.32 Å². The molecule has 0 bridgehead atoms. The van der Waals surface area contributed by atoms with Crippen LogP contribution >= 0.6 is 11.3 Å². The molecule has 7 heteroatoms. The lowest BCUT2D eigenvalue weighted by atomic mass is 10.0. The summed E-state index contributed by atoms with van der Waals surface area (Å²) in [6, 6.07) is 8.66. The van der Waals surface area contributed by atoms with Crippen LogP contribution in [-0.2, 0) is 24.2 Å². The Morgan fingerprint density at radius 1 is 1.27 bits per heavy atom. The Labute approximate surface area is 154 Å². The summed E-state index contributed by atoms with van der Waals surface area (Å²) >= 11 is 1.61. The average Bonchev–Trinajstić information content (AvgIpc) is 2.99. The molecule has 3 aromatic rings. The number of benzene rings is 1. The van der Waals surface area contributed by atoms with Crippen LogP contribution in [0.3, 0.4) is 0 Å². The summed E-state index contributed by atoms with van der Waals surface area (Å²) in [5, 5.41) is 2.71. The Kier molecular flexibility index (Phi) is 4.46. The number of rotatable bonds is 4. The molecule has 4 rings (SSSR count). The van der Waals surface area contributed by atoms with Crippen LogP contribution in [0, 0.1) is 0 Å². The number of aryl methyl sites for hydroxylation is 2. The summed E-state index contributed by atoms with van der Waals surface area (Å²) < 4.78 is 7.49.